The van der Waals surface area contributed by atoms with Gasteiger partial charge in [-0.15, -0.1) is 0 Å². The predicted molar refractivity (Wildman–Crippen MR) is 142 cm³/mol. The summed E-state index contributed by atoms with van der Waals surface area (Å²) in [5.41, 5.74) is 3.21. The molecule has 2 amide bonds. The summed E-state index contributed by atoms with van der Waals surface area (Å²) in [4.78, 5) is 40.2. The Morgan fingerprint density at radius 3 is 2.35 bits per heavy atom. The molecule has 37 heavy (non-hydrogen) atoms. The van der Waals surface area contributed by atoms with Gasteiger partial charge in [-0.2, -0.15) is 0 Å². The molecule has 2 atom stereocenters. The highest BCUT2D eigenvalue weighted by atomic mass is 16.5. The molecule has 1 aliphatic carbocycles. The van der Waals surface area contributed by atoms with Crippen LogP contribution in [0, 0.1) is 0 Å². The fourth-order valence-electron chi connectivity index (χ4n) is 5.33. The largest absolute Gasteiger partial charge is 0.493 e. The number of benzene rings is 1. The molecule has 9 nitrogen and oxygen atoms in total. The second-order valence-electron chi connectivity index (χ2n) is 9.49. The van der Waals surface area contributed by atoms with Crippen LogP contribution in [0.15, 0.2) is 29.1 Å². The zero-order chi connectivity index (χ0) is 26.7. The summed E-state index contributed by atoms with van der Waals surface area (Å²) in [7, 11) is 4.68. The van der Waals surface area contributed by atoms with Gasteiger partial charge in [0.1, 0.15) is 6.04 Å². The molecule has 2 unspecified atom stereocenters. The van der Waals surface area contributed by atoms with Gasteiger partial charge in [-0.3, -0.25) is 14.4 Å². The number of amides is 2. The normalized spacial score (nSPS) is 17.1. The number of hydrogen-bond acceptors (Lipinski definition) is 7. The minimum absolute atomic E-state index is 0.0232. The fraction of sp³-hybridized carbons (Fsp3) is 0.464. The Hall–Kier alpha value is -3.75. The minimum atomic E-state index is -0.551. The Bertz CT molecular complexity index is 1260. The van der Waals surface area contributed by atoms with Crippen LogP contribution in [-0.4, -0.2) is 57.2 Å². The summed E-state index contributed by atoms with van der Waals surface area (Å²) < 4.78 is 17.0. The summed E-state index contributed by atoms with van der Waals surface area (Å²) in [6.45, 7) is 4.72. The second-order valence-corrected chi connectivity index (χ2v) is 9.49. The van der Waals surface area contributed by atoms with Gasteiger partial charge in [0.15, 0.2) is 11.5 Å². The Morgan fingerprint density at radius 2 is 1.73 bits per heavy atom. The van der Waals surface area contributed by atoms with Gasteiger partial charge in [0.25, 0.3) is 0 Å². The lowest BCUT2D eigenvalue weighted by Crippen LogP contribution is -2.40. The van der Waals surface area contributed by atoms with Gasteiger partial charge in [-0.05, 0) is 67.5 Å². The molecule has 0 bridgehead atoms. The van der Waals surface area contributed by atoms with Crippen molar-refractivity contribution in [3.63, 3.8) is 0 Å². The van der Waals surface area contributed by atoms with Crippen LogP contribution < -0.4 is 30.3 Å². The smallest absolute Gasteiger partial charge is 0.244 e. The molecule has 4 rings (SSSR count). The number of aryl methyl sites for hydroxylation is 1. The van der Waals surface area contributed by atoms with Crippen molar-refractivity contribution in [2.75, 3.05) is 39.7 Å². The lowest BCUT2D eigenvalue weighted by molar-refractivity contribution is -0.130. The van der Waals surface area contributed by atoms with E-state index in [2.05, 4.69) is 10.6 Å². The standard InChI is InChI=1S/C28H35N3O6/c1-16(28(34)31-12-6-7-13-31)29-22-11-9-19-20(15-23(22)33)21(30-17(2)32)10-8-18-14-24(35-3)26(36-4)27(37-5)25(18)19/h9,11,14-16,21H,6-8,10,12-13H2,1-5H3,(H,29,33)(H,30,32). The summed E-state index contributed by atoms with van der Waals surface area (Å²) in [5, 5.41) is 6.13. The molecule has 1 saturated heterocycles. The Kier molecular flexibility index (Phi) is 7.90. The molecule has 2 aromatic rings. The molecule has 9 heteroatoms. The van der Waals surface area contributed by atoms with Crippen LogP contribution >= 0.6 is 0 Å². The van der Waals surface area contributed by atoms with Crippen LogP contribution in [0.3, 0.4) is 0 Å². The molecule has 0 spiro atoms. The van der Waals surface area contributed by atoms with Crippen LogP contribution in [0.1, 0.15) is 50.3 Å². The first-order valence-corrected chi connectivity index (χ1v) is 12.6. The van der Waals surface area contributed by atoms with Gasteiger partial charge < -0.3 is 29.7 Å². The molecule has 0 radical (unpaired) electrons. The fourth-order valence-corrected chi connectivity index (χ4v) is 5.33. The number of fused-ring (bicyclic) bond motifs is 3. The van der Waals surface area contributed by atoms with E-state index in [1.165, 1.54) is 6.92 Å². The maximum atomic E-state index is 13.4. The van der Waals surface area contributed by atoms with Gasteiger partial charge in [0, 0.05) is 25.6 Å². The van der Waals surface area contributed by atoms with E-state index in [1.807, 2.05) is 17.0 Å². The molecular formula is C28H35N3O6. The lowest BCUT2D eigenvalue weighted by atomic mass is 9.95. The maximum absolute atomic E-state index is 13.4. The van der Waals surface area contributed by atoms with Gasteiger partial charge >= 0.3 is 0 Å². The van der Waals surface area contributed by atoms with E-state index in [4.69, 9.17) is 14.2 Å². The number of ether oxygens (including phenoxy) is 3. The number of nitrogens with zero attached hydrogens (tertiary/aromatic N) is 1. The average Bonchev–Trinajstić information content (AvgIpc) is 3.33. The topological polar surface area (TPSA) is 106 Å². The van der Waals surface area contributed by atoms with E-state index in [-0.39, 0.29) is 17.2 Å². The molecular weight excluding hydrogens is 474 g/mol. The van der Waals surface area contributed by atoms with Gasteiger partial charge in [-0.25, -0.2) is 0 Å². The number of nitrogens with one attached hydrogen (secondary N) is 2. The van der Waals surface area contributed by atoms with Crippen LogP contribution in [0.5, 0.6) is 17.2 Å². The van der Waals surface area contributed by atoms with Gasteiger partial charge in [0.05, 0.1) is 33.1 Å². The van der Waals surface area contributed by atoms with Crippen molar-refractivity contribution in [1.29, 1.82) is 0 Å². The zero-order valence-electron chi connectivity index (χ0n) is 22.1. The molecule has 2 aromatic carbocycles. The third-order valence-corrected chi connectivity index (χ3v) is 7.08. The van der Waals surface area contributed by atoms with Crippen molar-refractivity contribution in [3.8, 4) is 28.4 Å². The van der Waals surface area contributed by atoms with Gasteiger partial charge in [-0.1, -0.05) is 6.07 Å². The SMILES string of the molecule is COc1cc2c(c(OC)c1OC)-c1ccc(NC(C)C(=O)N3CCCC3)c(=O)cc1C(NC(C)=O)CC2. The lowest BCUT2D eigenvalue weighted by Gasteiger charge is -2.21. The average molecular weight is 510 g/mol. The maximum Gasteiger partial charge on any atom is 0.244 e. The van der Waals surface area contributed by atoms with E-state index < -0.39 is 12.1 Å². The van der Waals surface area contributed by atoms with E-state index in [0.29, 0.717) is 41.3 Å². The monoisotopic (exact) mass is 509 g/mol. The first kappa shape index (κ1) is 26.3. The Morgan fingerprint density at radius 1 is 1.03 bits per heavy atom. The van der Waals surface area contributed by atoms with Gasteiger partial charge in [0.2, 0.25) is 23.0 Å². The third kappa shape index (κ3) is 5.21. The number of carbonyl (C=O) groups is 2. The summed E-state index contributed by atoms with van der Waals surface area (Å²) >= 11 is 0. The van der Waals surface area contributed by atoms with Crippen molar-refractivity contribution in [3.05, 3.63) is 45.6 Å². The molecule has 1 fully saturated rings. The second kappa shape index (κ2) is 11.1. The highest BCUT2D eigenvalue weighted by molar-refractivity contribution is 5.86. The van der Waals surface area contributed by atoms with Crippen molar-refractivity contribution in [2.45, 2.75) is 51.6 Å². The molecule has 2 aliphatic rings. The molecule has 1 heterocycles. The number of anilines is 1. The first-order chi connectivity index (χ1) is 17.8. The van der Waals surface area contributed by atoms with E-state index in [1.54, 1.807) is 40.4 Å². The number of methoxy groups -OCH3 is 3. The highest BCUT2D eigenvalue weighted by Gasteiger charge is 2.30. The van der Waals surface area contributed by atoms with Crippen LogP contribution in [-0.2, 0) is 16.0 Å². The predicted octanol–water partition coefficient (Wildman–Crippen LogP) is 3.29. The zero-order valence-corrected chi connectivity index (χ0v) is 22.1. The Labute approximate surface area is 217 Å². The number of rotatable bonds is 7. The first-order valence-electron chi connectivity index (χ1n) is 12.6. The quantitative estimate of drug-likeness (QED) is 0.590. The van der Waals surface area contributed by atoms with Crippen molar-refractivity contribution in [1.82, 2.24) is 10.2 Å². The molecule has 0 saturated carbocycles. The number of likely N-dealkylation sites (tertiary alicyclic amines) is 1. The van der Waals surface area contributed by atoms with Crippen molar-refractivity contribution in [2.24, 2.45) is 0 Å². The Balaban J connectivity index is 1.87. The van der Waals surface area contributed by atoms with Crippen LogP contribution in [0.2, 0.25) is 0 Å². The van der Waals surface area contributed by atoms with Crippen LogP contribution in [0.4, 0.5) is 5.69 Å². The third-order valence-electron chi connectivity index (χ3n) is 7.08. The molecule has 2 N–H and O–H groups in total. The molecule has 0 aromatic heterocycles. The summed E-state index contributed by atoms with van der Waals surface area (Å²) in [5.74, 6) is 1.27. The minimum Gasteiger partial charge on any atom is -0.493 e. The van der Waals surface area contributed by atoms with Crippen molar-refractivity contribution >= 4 is 17.5 Å². The number of hydrogen-bond donors (Lipinski definition) is 2. The van der Waals surface area contributed by atoms with Crippen molar-refractivity contribution < 1.29 is 23.8 Å². The molecule has 1 aliphatic heterocycles. The summed E-state index contributed by atoms with van der Waals surface area (Å²) in [6, 6.07) is 6.07. The number of carbonyl (C=O) groups excluding carboxylic acids is 2. The molecule has 198 valence electrons. The van der Waals surface area contributed by atoms with E-state index >= 15 is 0 Å². The van der Waals surface area contributed by atoms with E-state index in [9.17, 15) is 14.4 Å². The summed E-state index contributed by atoms with van der Waals surface area (Å²) in [6.07, 6.45) is 3.20. The van der Waals surface area contributed by atoms with E-state index in [0.717, 1.165) is 42.6 Å². The highest BCUT2D eigenvalue weighted by Crippen LogP contribution is 2.50. The van der Waals surface area contributed by atoms with Crippen LogP contribution in [0.25, 0.3) is 11.1 Å².